The molecule has 1 aromatic rings. The van der Waals surface area contributed by atoms with Gasteiger partial charge in [0.15, 0.2) is 0 Å². The van der Waals surface area contributed by atoms with Crippen LogP contribution in [0.15, 0.2) is 42.6 Å². The Kier molecular flexibility index (Phi) is 1.81. The zero-order valence-corrected chi connectivity index (χ0v) is 7.45. The van der Waals surface area contributed by atoms with Crippen LogP contribution in [0.5, 0.6) is 0 Å². The Morgan fingerprint density at radius 1 is 1.29 bits per heavy atom. The fourth-order valence-corrected chi connectivity index (χ4v) is 1.32. The largest absolute Gasteiger partial charge is 0.332 e. The van der Waals surface area contributed by atoms with Gasteiger partial charge < -0.3 is 0 Å². The van der Waals surface area contributed by atoms with Crippen molar-refractivity contribution >= 4 is 17.6 Å². The summed E-state index contributed by atoms with van der Waals surface area (Å²) in [6.07, 6.45) is 0. The number of amidine groups is 1. The Hall–Kier alpha value is -2.10. The van der Waals surface area contributed by atoms with Crippen molar-refractivity contribution in [2.24, 2.45) is 0 Å². The lowest BCUT2D eigenvalue weighted by atomic mass is 10.3. The van der Waals surface area contributed by atoms with E-state index in [0.717, 1.165) is 5.69 Å². The summed E-state index contributed by atoms with van der Waals surface area (Å²) in [5.41, 5.74) is 1.10. The van der Waals surface area contributed by atoms with Gasteiger partial charge in [-0.1, -0.05) is 24.8 Å². The topological polar surface area (TPSA) is 56.2 Å². The first-order chi connectivity index (χ1) is 6.70. The number of amides is 2. The van der Waals surface area contributed by atoms with Crippen molar-refractivity contribution in [2.45, 2.75) is 0 Å². The van der Waals surface area contributed by atoms with E-state index < -0.39 is 0 Å². The standard InChI is InChI=1S/C10H9N3O/c1-7-9(11)12-10(14)13(7)8-5-3-2-4-6-8/h2-6H,1H2,(H2,11,12,14). The van der Waals surface area contributed by atoms with Crippen LogP contribution in [0.3, 0.4) is 0 Å². The van der Waals surface area contributed by atoms with E-state index in [0.29, 0.717) is 5.70 Å². The lowest BCUT2D eigenvalue weighted by Gasteiger charge is -2.14. The van der Waals surface area contributed by atoms with Crippen LogP contribution in [0.1, 0.15) is 0 Å². The van der Waals surface area contributed by atoms with E-state index >= 15 is 0 Å². The molecule has 0 bridgehead atoms. The highest BCUT2D eigenvalue weighted by molar-refractivity contribution is 6.22. The van der Waals surface area contributed by atoms with Gasteiger partial charge in [0.05, 0.1) is 11.4 Å². The number of hydrogen-bond donors (Lipinski definition) is 2. The highest BCUT2D eigenvalue weighted by Gasteiger charge is 2.29. The molecule has 1 fully saturated rings. The van der Waals surface area contributed by atoms with Gasteiger partial charge in [-0.3, -0.25) is 15.6 Å². The first-order valence-electron chi connectivity index (χ1n) is 4.14. The number of benzene rings is 1. The van der Waals surface area contributed by atoms with Crippen molar-refractivity contribution in [3.8, 4) is 0 Å². The average molecular weight is 187 g/mol. The first kappa shape index (κ1) is 8.50. The normalized spacial score (nSPS) is 16.0. The Morgan fingerprint density at radius 3 is 2.43 bits per heavy atom. The van der Waals surface area contributed by atoms with Gasteiger partial charge in [0.1, 0.15) is 5.84 Å². The summed E-state index contributed by atoms with van der Waals surface area (Å²) in [5.74, 6) is 0.0545. The van der Waals surface area contributed by atoms with E-state index in [1.165, 1.54) is 4.90 Å². The molecule has 70 valence electrons. The molecule has 4 nitrogen and oxygen atoms in total. The Balaban J connectivity index is 2.41. The number of anilines is 1. The van der Waals surface area contributed by atoms with Crippen molar-refractivity contribution in [1.29, 1.82) is 5.41 Å². The van der Waals surface area contributed by atoms with Crippen molar-refractivity contribution in [3.05, 3.63) is 42.6 Å². The maximum Gasteiger partial charge on any atom is 0.332 e. The summed E-state index contributed by atoms with van der Waals surface area (Å²) < 4.78 is 0. The molecule has 1 aliphatic heterocycles. The first-order valence-corrected chi connectivity index (χ1v) is 4.14. The number of nitrogens with zero attached hydrogens (tertiary/aromatic N) is 1. The van der Waals surface area contributed by atoms with Crippen LogP contribution in [0.25, 0.3) is 0 Å². The van der Waals surface area contributed by atoms with Crippen molar-refractivity contribution in [2.75, 3.05) is 4.90 Å². The quantitative estimate of drug-likeness (QED) is 0.690. The highest BCUT2D eigenvalue weighted by Crippen LogP contribution is 2.21. The molecule has 14 heavy (non-hydrogen) atoms. The molecule has 2 rings (SSSR count). The maximum absolute atomic E-state index is 11.4. The lowest BCUT2D eigenvalue weighted by Crippen LogP contribution is -2.27. The molecule has 1 aromatic carbocycles. The molecule has 0 aromatic heterocycles. The van der Waals surface area contributed by atoms with E-state index in [1.807, 2.05) is 18.2 Å². The van der Waals surface area contributed by atoms with Gasteiger partial charge in [0, 0.05) is 0 Å². The van der Waals surface area contributed by atoms with Crippen LogP contribution in [-0.4, -0.2) is 11.9 Å². The van der Waals surface area contributed by atoms with E-state index in [4.69, 9.17) is 5.41 Å². The van der Waals surface area contributed by atoms with Crippen LogP contribution in [-0.2, 0) is 0 Å². The third kappa shape index (κ3) is 1.17. The molecule has 1 aliphatic rings. The fourth-order valence-electron chi connectivity index (χ4n) is 1.32. The molecule has 0 spiro atoms. The zero-order chi connectivity index (χ0) is 10.1. The zero-order valence-electron chi connectivity index (χ0n) is 7.45. The second-order valence-electron chi connectivity index (χ2n) is 2.92. The molecule has 0 aliphatic carbocycles. The van der Waals surface area contributed by atoms with Crippen LogP contribution in [0, 0.1) is 5.41 Å². The van der Waals surface area contributed by atoms with E-state index in [1.54, 1.807) is 12.1 Å². The van der Waals surface area contributed by atoms with Gasteiger partial charge in [0.2, 0.25) is 0 Å². The lowest BCUT2D eigenvalue weighted by molar-refractivity contribution is 0.254. The number of carbonyl (C=O) groups is 1. The van der Waals surface area contributed by atoms with Gasteiger partial charge >= 0.3 is 6.03 Å². The van der Waals surface area contributed by atoms with Gasteiger partial charge in [0.25, 0.3) is 0 Å². The minimum Gasteiger partial charge on any atom is -0.290 e. The Bertz CT molecular complexity index is 411. The van der Waals surface area contributed by atoms with Gasteiger partial charge in [-0.05, 0) is 12.1 Å². The minimum atomic E-state index is -0.328. The molecular weight excluding hydrogens is 178 g/mol. The predicted octanol–water partition coefficient (Wildman–Crippen LogP) is 1.71. The maximum atomic E-state index is 11.4. The molecule has 0 atom stereocenters. The molecular formula is C10H9N3O. The fraction of sp³-hybridized carbons (Fsp3) is 0. The monoisotopic (exact) mass is 187 g/mol. The molecule has 2 N–H and O–H groups in total. The Morgan fingerprint density at radius 2 is 1.93 bits per heavy atom. The Labute approximate surface area is 81.4 Å². The third-order valence-electron chi connectivity index (χ3n) is 2.01. The summed E-state index contributed by atoms with van der Waals surface area (Å²) in [6, 6.07) is 8.79. The molecule has 0 radical (unpaired) electrons. The molecule has 4 heteroatoms. The number of nitrogens with one attached hydrogen (secondary N) is 2. The van der Waals surface area contributed by atoms with Crippen LogP contribution in [0.2, 0.25) is 0 Å². The van der Waals surface area contributed by atoms with E-state index in [-0.39, 0.29) is 11.9 Å². The van der Waals surface area contributed by atoms with Crippen LogP contribution < -0.4 is 10.2 Å². The van der Waals surface area contributed by atoms with Crippen molar-refractivity contribution in [1.82, 2.24) is 5.32 Å². The van der Waals surface area contributed by atoms with Crippen molar-refractivity contribution in [3.63, 3.8) is 0 Å². The smallest absolute Gasteiger partial charge is 0.290 e. The summed E-state index contributed by atoms with van der Waals surface area (Å²) in [5, 5.41) is 9.78. The second-order valence-corrected chi connectivity index (χ2v) is 2.92. The highest BCUT2D eigenvalue weighted by atomic mass is 16.2. The molecule has 0 unspecified atom stereocenters. The number of urea groups is 1. The number of para-hydroxylation sites is 1. The van der Waals surface area contributed by atoms with Gasteiger partial charge in [-0.25, -0.2) is 4.79 Å². The van der Waals surface area contributed by atoms with Gasteiger partial charge in [-0.2, -0.15) is 0 Å². The predicted molar refractivity (Wildman–Crippen MR) is 54.3 cm³/mol. The molecule has 0 saturated carbocycles. The van der Waals surface area contributed by atoms with E-state index in [2.05, 4.69) is 11.9 Å². The number of rotatable bonds is 1. The SMILES string of the molecule is C=C1C(=N)NC(=O)N1c1ccccc1. The van der Waals surface area contributed by atoms with Gasteiger partial charge in [-0.15, -0.1) is 0 Å². The van der Waals surface area contributed by atoms with Crippen LogP contribution >= 0.6 is 0 Å². The van der Waals surface area contributed by atoms with E-state index in [9.17, 15) is 4.79 Å². The number of carbonyl (C=O) groups excluding carboxylic acids is 1. The number of hydrogen-bond acceptors (Lipinski definition) is 2. The van der Waals surface area contributed by atoms with Crippen molar-refractivity contribution < 1.29 is 4.79 Å². The van der Waals surface area contributed by atoms with Crippen LogP contribution in [0.4, 0.5) is 10.5 Å². The summed E-state index contributed by atoms with van der Waals surface area (Å²) in [4.78, 5) is 12.8. The molecule has 2 amide bonds. The summed E-state index contributed by atoms with van der Waals surface area (Å²) >= 11 is 0. The average Bonchev–Trinajstić information content (AvgIpc) is 2.43. The minimum absolute atomic E-state index is 0.0545. The summed E-state index contributed by atoms with van der Waals surface area (Å²) in [6.45, 7) is 3.66. The molecule has 1 saturated heterocycles. The summed E-state index contributed by atoms with van der Waals surface area (Å²) in [7, 11) is 0. The third-order valence-corrected chi connectivity index (χ3v) is 2.01. The second kappa shape index (κ2) is 2.99. The molecule has 1 heterocycles.